The van der Waals surface area contributed by atoms with Gasteiger partial charge in [-0.1, -0.05) is 0 Å². The number of benzene rings is 1. The van der Waals surface area contributed by atoms with Gasteiger partial charge in [0.15, 0.2) is 0 Å². The predicted molar refractivity (Wildman–Crippen MR) is 46.4 cm³/mol. The van der Waals surface area contributed by atoms with Gasteiger partial charge in [0, 0.05) is 0 Å². The van der Waals surface area contributed by atoms with Crippen LogP contribution in [0.2, 0.25) is 10.0 Å². The second kappa shape index (κ2) is 4.72. The Kier molecular flexibility index (Phi) is 5.14. The Balaban J connectivity index is 0.000000810. The van der Waals surface area contributed by atoms with Crippen molar-refractivity contribution in [1.29, 1.82) is 0 Å². The molecular weight excluding hydrogens is 288 g/mol. The molecule has 0 aliphatic heterocycles. The van der Waals surface area contributed by atoms with E-state index in [0.29, 0.717) is 0 Å². The Morgan fingerprint density at radius 3 is 1.80 bits per heavy atom. The standard InChI is InChI=1S/C6H3Cl2.BrH.Zn/c7-5-2-1-3-6(8)4-5;;/h1-3H;1H;. The van der Waals surface area contributed by atoms with Crippen molar-refractivity contribution in [3.05, 3.63) is 28.2 Å². The topological polar surface area (TPSA) is 0 Å². The second-order valence-corrected chi connectivity index (χ2v) is 4.00. The molecule has 0 saturated heterocycles. The zero-order chi connectivity index (χ0) is 6.85. The van der Waals surface area contributed by atoms with E-state index in [-0.39, 0.29) is 17.0 Å². The van der Waals surface area contributed by atoms with Crippen LogP contribution in [-0.2, 0) is 18.3 Å². The molecule has 1 aromatic rings. The van der Waals surface area contributed by atoms with Crippen LogP contribution in [0.3, 0.4) is 0 Å². The van der Waals surface area contributed by atoms with E-state index < -0.39 is 0 Å². The summed E-state index contributed by atoms with van der Waals surface area (Å²) in [5.41, 5.74) is 0. The van der Waals surface area contributed by atoms with Crippen molar-refractivity contribution in [1.82, 2.24) is 0 Å². The van der Waals surface area contributed by atoms with Gasteiger partial charge < -0.3 is 0 Å². The van der Waals surface area contributed by atoms with Gasteiger partial charge in [-0.2, -0.15) is 0 Å². The summed E-state index contributed by atoms with van der Waals surface area (Å²) >= 11 is 12.5. The first kappa shape index (κ1) is 10.9. The van der Waals surface area contributed by atoms with Gasteiger partial charge in [0.05, 0.1) is 0 Å². The van der Waals surface area contributed by atoms with E-state index in [2.05, 4.69) is 0 Å². The Morgan fingerprint density at radius 1 is 1.10 bits per heavy atom. The van der Waals surface area contributed by atoms with E-state index in [4.69, 9.17) is 23.2 Å². The molecule has 0 radical (unpaired) electrons. The van der Waals surface area contributed by atoms with Crippen LogP contribution in [0.15, 0.2) is 18.2 Å². The summed E-state index contributed by atoms with van der Waals surface area (Å²) in [5, 5.41) is 1.56. The fraction of sp³-hybridized carbons (Fsp3) is 0. The van der Waals surface area contributed by atoms with E-state index >= 15 is 0 Å². The molecule has 0 saturated carbocycles. The van der Waals surface area contributed by atoms with Gasteiger partial charge in [-0.25, -0.2) is 0 Å². The van der Waals surface area contributed by atoms with Crippen LogP contribution in [-0.4, -0.2) is 0 Å². The summed E-state index contributed by atoms with van der Waals surface area (Å²) in [5.74, 6) is 0. The summed E-state index contributed by atoms with van der Waals surface area (Å²) in [7, 11) is 0. The molecule has 51 valence electrons. The van der Waals surface area contributed by atoms with E-state index in [1.807, 2.05) is 18.2 Å². The maximum atomic E-state index is 5.76. The van der Waals surface area contributed by atoms with E-state index in [1.54, 1.807) is 0 Å². The molecule has 4 heteroatoms. The van der Waals surface area contributed by atoms with Gasteiger partial charge in [-0.3, -0.25) is 0 Å². The summed E-state index contributed by atoms with van der Waals surface area (Å²) in [6.45, 7) is 0. The van der Waals surface area contributed by atoms with Crippen LogP contribution in [0.4, 0.5) is 0 Å². The van der Waals surface area contributed by atoms with E-state index in [0.717, 1.165) is 32.5 Å². The quantitative estimate of drug-likeness (QED) is 0.645. The Bertz CT molecular complexity index is 207. The third-order valence-electron chi connectivity index (χ3n) is 1.06. The molecule has 0 fully saturated rings. The third kappa shape index (κ3) is 2.50. The predicted octanol–water partition coefficient (Wildman–Crippen LogP) is 2.74. The van der Waals surface area contributed by atoms with Gasteiger partial charge in [-0.15, -0.1) is 17.0 Å². The van der Waals surface area contributed by atoms with Crippen molar-refractivity contribution in [3.8, 4) is 0 Å². The average molecular weight is 292 g/mol. The normalized spacial score (nSPS) is 8.80. The summed E-state index contributed by atoms with van der Waals surface area (Å²) in [6.07, 6.45) is 0. The minimum absolute atomic E-state index is 0. The number of halogens is 3. The number of hydrogen-bond donors (Lipinski definition) is 0. The molecular formula is C6H4BrCl2Zn. The molecule has 0 aliphatic carbocycles. The third-order valence-corrected chi connectivity index (χ3v) is 4.31. The molecule has 0 atom stereocenters. The Hall–Kier alpha value is 0.903. The number of rotatable bonds is 0. The minimum atomic E-state index is 0. The SMILES string of the molecule is Br.Clc1cccc(Cl)[c]1[Zn]. The van der Waals surface area contributed by atoms with E-state index in [1.165, 1.54) is 0 Å². The van der Waals surface area contributed by atoms with Crippen LogP contribution in [0.5, 0.6) is 0 Å². The maximum absolute atomic E-state index is 5.76. The average Bonchev–Trinajstić information content (AvgIpc) is 1.83. The second-order valence-electron chi connectivity index (χ2n) is 1.70. The summed E-state index contributed by atoms with van der Waals surface area (Å²) < 4.78 is 1.07. The van der Waals surface area contributed by atoms with Crippen LogP contribution >= 0.6 is 40.2 Å². The van der Waals surface area contributed by atoms with Crippen LogP contribution in [0, 0.1) is 0 Å². The first-order chi connectivity index (χ1) is 4.22. The van der Waals surface area contributed by atoms with Gasteiger partial charge >= 0.3 is 73.9 Å². The molecule has 0 aliphatic rings. The Morgan fingerprint density at radius 2 is 1.50 bits per heavy atom. The van der Waals surface area contributed by atoms with Gasteiger partial charge in [0.1, 0.15) is 0 Å². The van der Waals surface area contributed by atoms with Crippen molar-refractivity contribution < 1.29 is 18.3 Å². The van der Waals surface area contributed by atoms with E-state index in [9.17, 15) is 0 Å². The van der Waals surface area contributed by atoms with Crippen LogP contribution in [0.1, 0.15) is 0 Å². The summed E-state index contributed by atoms with van der Waals surface area (Å²) in [4.78, 5) is 0. The van der Waals surface area contributed by atoms with Crippen molar-refractivity contribution >= 4 is 44.3 Å². The van der Waals surface area contributed by atoms with Crippen molar-refractivity contribution in [3.63, 3.8) is 0 Å². The van der Waals surface area contributed by atoms with Gasteiger partial charge in [0.2, 0.25) is 0 Å². The molecule has 0 spiro atoms. The van der Waals surface area contributed by atoms with Gasteiger partial charge in [-0.05, 0) is 0 Å². The molecule has 0 heterocycles. The van der Waals surface area contributed by atoms with Crippen molar-refractivity contribution in [2.45, 2.75) is 0 Å². The van der Waals surface area contributed by atoms with Crippen LogP contribution in [0.25, 0.3) is 0 Å². The molecule has 0 amide bonds. The molecule has 1 aromatic carbocycles. The molecule has 10 heavy (non-hydrogen) atoms. The fourth-order valence-corrected chi connectivity index (χ4v) is 1.42. The number of hydrogen-bond acceptors (Lipinski definition) is 0. The molecule has 0 nitrogen and oxygen atoms in total. The molecule has 0 aromatic heterocycles. The van der Waals surface area contributed by atoms with Crippen LogP contribution < -0.4 is 4.16 Å². The van der Waals surface area contributed by atoms with Crippen molar-refractivity contribution in [2.24, 2.45) is 0 Å². The molecule has 1 rings (SSSR count). The first-order valence-corrected chi connectivity index (χ1v) is 4.72. The molecule has 0 N–H and O–H groups in total. The van der Waals surface area contributed by atoms with Gasteiger partial charge in [0.25, 0.3) is 0 Å². The van der Waals surface area contributed by atoms with Crippen molar-refractivity contribution in [2.75, 3.05) is 0 Å². The Labute approximate surface area is 90.3 Å². The first-order valence-electron chi connectivity index (χ1n) is 2.48. The fourth-order valence-electron chi connectivity index (χ4n) is 0.532. The monoisotopic (exact) mass is 289 g/mol. The zero-order valence-corrected chi connectivity index (χ0v) is 11.3. The summed E-state index contributed by atoms with van der Waals surface area (Å²) in [6, 6.07) is 5.56. The molecule has 0 bridgehead atoms. The molecule has 0 unspecified atom stereocenters. The zero-order valence-electron chi connectivity index (χ0n) is 5.10.